The smallest absolute Gasteiger partial charge is 0.129 e. The molecule has 0 unspecified atom stereocenters. The standard InChI is InChI=1S/C13H14ClNO2/c14-13-6-5-11-10(9-17-8-2-7-16)3-1-4-12(11)15-13/h1,3-6,16H,2,7-9H2. The Bertz CT molecular complexity index is 502. The van der Waals surface area contributed by atoms with Gasteiger partial charge < -0.3 is 9.84 Å². The van der Waals surface area contributed by atoms with E-state index in [2.05, 4.69) is 4.98 Å². The van der Waals surface area contributed by atoms with Crippen molar-refractivity contribution in [2.75, 3.05) is 13.2 Å². The van der Waals surface area contributed by atoms with Crippen LogP contribution in [0.4, 0.5) is 0 Å². The van der Waals surface area contributed by atoms with Crippen LogP contribution in [0.25, 0.3) is 10.9 Å². The minimum atomic E-state index is 0.159. The Balaban J connectivity index is 2.16. The van der Waals surface area contributed by atoms with Gasteiger partial charge in [0, 0.05) is 18.6 Å². The van der Waals surface area contributed by atoms with Crippen molar-refractivity contribution in [2.45, 2.75) is 13.0 Å². The number of hydrogen-bond donors (Lipinski definition) is 1. The van der Waals surface area contributed by atoms with Gasteiger partial charge in [-0.25, -0.2) is 4.98 Å². The van der Waals surface area contributed by atoms with E-state index < -0.39 is 0 Å². The lowest BCUT2D eigenvalue weighted by molar-refractivity contribution is 0.105. The third kappa shape index (κ3) is 3.16. The molecule has 0 bridgehead atoms. The Morgan fingerprint density at radius 1 is 1.24 bits per heavy atom. The molecule has 0 aliphatic carbocycles. The van der Waals surface area contributed by atoms with E-state index in [1.54, 1.807) is 6.07 Å². The normalized spacial score (nSPS) is 10.9. The lowest BCUT2D eigenvalue weighted by Crippen LogP contribution is -1.98. The number of benzene rings is 1. The van der Waals surface area contributed by atoms with Crippen LogP contribution < -0.4 is 0 Å². The second kappa shape index (κ2) is 5.96. The number of rotatable bonds is 5. The minimum Gasteiger partial charge on any atom is -0.396 e. The molecule has 4 heteroatoms. The van der Waals surface area contributed by atoms with Crippen molar-refractivity contribution < 1.29 is 9.84 Å². The summed E-state index contributed by atoms with van der Waals surface area (Å²) in [6, 6.07) is 9.61. The predicted octanol–water partition coefficient (Wildman–Crippen LogP) is 2.79. The summed E-state index contributed by atoms with van der Waals surface area (Å²) >= 11 is 5.85. The number of ether oxygens (including phenoxy) is 1. The zero-order chi connectivity index (χ0) is 12.1. The monoisotopic (exact) mass is 251 g/mol. The first kappa shape index (κ1) is 12.3. The van der Waals surface area contributed by atoms with Gasteiger partial charge in [-0.3, -0.25) is 0 Å². The molecule has 1 aromatic carbocycles. The zero-order valence-electron chi connectivity index (χ0n) is 9.40. The highest BCUT2D eigenvalue weighted by molar-refractivity contribution is 6.29. The van der Waals surface area contributed by atoms with Crippen LogP contribution in [0.15, 0.2) is 30.3 Å². The quantitative estimate of drug-likeness (QED) is 0.656. The van der Waals surface area contributed by atoms with Gasteiger partial charge in [-0.1, -0.05) is 23.7 Å². The average molecular weight is 252 g/mol. The second-order valence-corrected chi connectivity index (χ2v) is 4.13. The van der Waals surface area contributed by atoms with Gasteiger partial charge in [-0.2, -0.15) is 0 Å². The van der Waals surface area contributed by atoms with E-state index in [0.29, 0.717) is 24.8 Å². The first-order valence-corrected chi connectivity index (χ1v) is 5.92. The van der Waals surface area contributed by atoms with Crippen LogP contribution in [0.3, 0.4) is 0 Å². The van der Waals surface area contributed by atoms with Gasteiger partial charge in [0.2, 0.25) is 0 Å². The number of aliphatic hydroxyl groups excluding tert-OH is 1. The molecule has 1 heterocycles. The summed E-state index contributed by atoms with van der Waals surface area (Å²) in [4.78, 5) is 4.25. The SMILES string of the molecule is OCCCOCc1cccc2nc(Cl)ccc12. The molecule has 2 rings (SSSR count). The van der Waals surface area contributed by atoms with Gasteiger partial charge in [0.05, 0.1) is 12.1 Å². The highest BCUT2D eigenvalue weighted by Crippen LogP contribution is 2.20. The summed E-state index contributed by atoms with van der Waals surface area (Å²) in [6.45, 7) is 1.25. The van der Waals surface area contributed by atoms with Crippen molar-refractivity contribution in [2.24, 2.45) is 0 Å². The van der Waals surface area contributed by atoms with Crippen molar-refractivity contribution in [3.8, 4) is 0 Å². The van der Waals surface area contributed by atoms with E-state index >= 15 is 0 Å². The van der Waals surface area contributed by atoms with E-state index in [9.17, 15) is 0 Å². The van der Waals surface area contributed by atoms with Gasteiger partial charge in [0.15, 0.2) is 0 Å². The van der Waals surface area contributed by atoms with E-state index in [1.165, 1.54) is 0 Å². The van der Waals surface area contributed by atoms with Gasteiger partial charge in [0.25, 0.3) is 0 Å². The van der Waals surface area contributed by atoms with Gasteiger partial charge in [-0.15, -0.1) is 0 Å². The number of pyridine rings is 1. The molecule has 0 aliphatic rings. The van der Waals surface area contributed by atoms with Crippen LogP contribution in [0.1, 0.15) is 12.0 Å². The largest absolute Gasteiger partial charge is 0.396 e. The maximum atomic E-state index is 8.66. The number of hydrogen-bond acceptors (Lipinski definition) is 3. The number of aromatic nitrogens is 1. The fraction of sp³-hybridized carbons (Fsp3) is 0.308. The van der Waals surface area contributed by atoms with Crippen molar-refractivity contribution in [3.63, 3.8) is 0 Å². The molecule has 0 atom stereocenters. The van der Waals surface area contributed by atoms with Gasteiger partial charge in [0.1, 0.15) is 5.15 Å². The van der Waals surface area contributed by atoms with Crippen LogP contribution in [0, 0.1) is 0 Å². The Kier molecular flexibility index (Phi) is 4.31. The molecule has 0 spiro atoms. The summed E-state index contributed by atoms with van der Waals surface area (Å²) in [5.74, 6) is 0. The number of halogens is 1. The minimum absolute atomic E-state index is 0.159. The first-order chi connectivity index (χ1) is 8.31. The Hall–Kier alpha value is -1.16. The maximum absolute atomic E-state index is 8.66. The Morgan fingerprint density at radius 3 is 2.94 bits per heavy atom. The topological polar surface area (TPSA) is 42.4 Å². The second-order valence-electron chi connectivity index (χ2n) is 3.75. The number of aliphatic hydroxyl groups is 1. The molecule has 0 amide bonds. The molecule has 1 N–H and O–H groups in total. The molecule has 17 heavy (non-hydrogen) atoms. The molecule has 90 valence electrons. The highest BCUT2D eigenvalue weighted by Gasteiger charge is 2.02. The number of fused-ring (bicyclic) bond motifs is 1. The fourth-order valence-corrected chi connectivity index (χ4v) is 1.82. The van der Waals surface area contributed by atoms with Gasteiger partial charge >= 0.3 is 0 Å². The van der Waals surface area contributed by atoms with Crippen LogP contribution in [-0.2, 0) is 11.3 Å². The third-order valence-corrected chi connectivity index (χ3v) is 2.70. The van der Waals surface area contributed by atoms with Crippen LogP contribution in [0.2, 0.25) is 5.15 Å². The average Bonchev–Trinajstić information content (AvgIpc) is 2.34. The molecule has 0 saturated heterocycles. The summed E-state index contributed by atoms with van der Waals surface area (Å²) in [6.07, 6.45) is 0.662. The van der Waals surface area contributed by atoms with E-state index in [0.717, 1.165) is 16.5 Å². The zero-order valence-corrected chi connectivity index (χ0v) is 10.2. The van der Waals surface area contributed by atoms with Gasteiger partial charge in [-0.05, 0) is 30.2 Å². The summed E-state index contributed by atoms with van der Waals surface area (Å²) < 4.78 is 5.48. The molecule has 1 aromatic heterocycles. The predicted molar refractivity (Wildman–Crippen MR) is 68.1 cm³/mol. The molecule has 0 fully saturated rings. The molecule has 3 nitrogen and oxygen atoms in total. The molecule has 0 saturated carbocycles. The fourth-order valence-electron chi connectivity index (χ4n) is 1.67. The summed E-state index contributed by atoms with van der Waals surface area (Å²) in [5, 5.41) is 10.2. The van der Waals surface area contributed by atoms with Crippen molar-refractivity contribution in [3.05, 3.63) is 41.0 Å². The molecule has 0 aliphatic heterocycles. The Labute approximate surface area is 105 Å². The highest BCUT2D eigenvalue weighted by atomic mass is 35.5. The van der Waals surface area contributed by atoms with E-state index in [1.807, 2.05) is 24.3 Å². The molecular formula is C13H14ClNO2. The Morgan fingerprint density at radius 2 is 2.12 bits per heavy atom. The lowest BCUT2D eigenvalue weighted by Gasteiger charge is -2.07. The van der Waals surface area contributed by atoms with Crippen molar-refractivity contribution in [1.82, 2.24) is 4.98 Å². The van der Waals surface area contributed by atoms with Crippen LogP contribution >= 0.6 is 11.6 Å². The van der Waals surface area contributed by atoms with Crippen LogP contribution in [-0.4, -0.2) is 23.3 Å². The van der Waals surface area contributed by atoms with Crippen molar-refractivity contribution >= 4 is 22.5 Å². The molecule has 0 radical (unpaired) electrons. The summed E-state index contributed by atoms with van der Waals surface area (Å²) in [7, 11) is 0. The van der Waals surface area contributed by atoms with E-state index in [4.69, 9.17) is 21.4 Å². The third-order valence-electron chi connectivity index (χ3n) is 2.49. The maximum Gasteiger partial charge on any atom is 0.129 e. The lowest BCUT2D eigenvalue weighted by atomic mass is 10.1. The van der Waals surface area contributed by atoms with Crippen LogP contribution in [0.5, 0.6) is 0 Å². The summed E-state index contributed by atoms with van der Waals surface area (Å²) in [5.41, 5.74) is 1.96. The molecule has 2 aromatic rings. The first-order valence-electron chi connectivity index (χ1n) is 5.54. The van der Waals surface area contributed by atoms with E-state index in [-0.39, 0.29) is 6.61 Å². The van der Waals surface area contributed by atoms with Crippen molar-refractivity contribution in [1.29, 1.82) is 0 Å². The number of nitrogens with zero attached hydrogens (tertiary/aromatic N) is 1. The molecular weight excluding hydrogens is 238 g/mol.